The van der Waals surface area contributed by atoms with E-state index in [0.717, 1.165) is 48.1 Å². The van der Waals surface area contributed by atoms with Crippen LogP contribution in [0.1, 0.15) is 75.2 Å². The first-order chi connectivity index (χ1) is 14.3. The summed E-state index contributed by atoms with van der Waals surface area (Å²) in [5.74, 6) is 0. The van der Waals surface area contributed by atoms with E-state index in [1.807, 2.05) is 26.2 Å². The molecule has 0 bridgehead atoms. The van der Waals surface area contributed by atoms with Gasteiger partial charge in [0.2, 0.25) is 0 Å². The highest BCUT2D eigenvalue weighted by Crippen LogP contribution is 2.49. The maximum absolute atomic E-state index is 5.09. The predicted octanol–water partition coefficient (Wildman–Crippen LogP) is 4.75. The van der Waals surface area contributed by atoms with E-state index in [-0.39, 0.29) is 11.1 Å². The smallest absolute Gasteiger partial charge is 0.0894 e. The van der Waals surface area contributed by atoms with Gasteiger partial charge in [-0.2, -0.15) is 10.2 Å². The Bertz CT molecular complexity index is 1010. The molecule has 1 aliphatic carbocycles. The average molecular weight is 404 g/mol. The molecule has 1 aromatic carbocycles. The van der Waals surface area contributed by atoms with Gasteiger partial charge in [-0.1, -0.05) is 13.8 Å². The topological polar surface area (TPSA) is 54.8 Å². The zero-order valence-electron chi connectivity index (χ0n) is 19.4. The Kier molecular flexibility index (Phi) is 5.13. The van der Waals surface area contributed by atoms with Gasteiger partial charge in [-0.25, -0.2) is 9.97 Å². The molecule has 5 heteroatoms. The second-order valence-corrected chi connectivity index (χ2v) is 9.22. The molecule has 30 heavy (non-hydrogen) atoms. The number of benzene rings is 1. The van der Waals surface area contributed by atoms with Crippen molar-refractivity contribution in [2.24, 2.45) is 0 Å². The maximum atomic E-state index is 5.09. The number of aryl methyl sites for hydroxylation is 4. The zero-order valence-corrected chi connectivity index (χ0v) is 19.4. The van der Waals surface area contributed by atoms with Crippen LogP contribution in [0.5, 0.6) is 0 Å². The van der Waals surface area contributed by atoms with E-state index in [1.165, 1.54) is 22.3 Å². The van der Waals surface area contributed by atoms with Crippen molar-refractivity contribution in [3.05, 3.63) is 58.2 Å². The third-order valence-corrected chi connectivity index (χ3v) is 7.12. The lowest BCUT2D eigenvalue weighted by atomic mass is 9.89. The molecule has 2 aliphatic rings. The van der Waals surface area contributed by atoms with Crippen LogP contribution in [0.2, 0.25) is 0 Å². The van der Waals surface area contributed by atoms with Gasteiger partial charge in [0.15, 0.2) is 0 Å². The van der Waals surface area contributed by atoms with Gasteiger partial charge in [-0.3, -0.25) is 4.90 Å². The molecule has 0 atom stereocenters. The van der Waals surface area contributed by atoms with Gasteiger partial charge in [-0.15, -0.1) is 0 Å². The van der Waals surface area contributed by atoms with Gasteiger partial charge >= 0.3 is 0 Å². The lowest BCUT2D eigenvalue weighted by Gasteiger charge is -2.37. The summed E-state index contributed by atoms with van der Waals surface area (Å²) in [5.41, 5.74) is 9.60. The van der Waals surface area contributed by atoms with Crippen LogP contribution >= 0.6 is 0 Å². The normalized spacial score (nSPS) is 19.0. The van der Waals surface area contributed by atoms with Crippen molar-refractivity contribution in [3.8, 4) is 0 Å². The summed E-state index contributed by atoms with van der Waals surface area (Å²) in [6.45, 7) is 13.2. The molecule has 0 fully saturated rings. The summed E-state index contributed by atoms with van der Waals surface area (Å²) in [6, 6.07) is 4.56. The van der Waals surface area contributed by atoms with Crippen LogP contribution in [0.15, 0.2) is 24.5 Å². The number of fused-ring (bicyclic) bond motifs is 4. The summed E-state index contributed by atoms with van der Waals surface area (Å²) in [5, 5.41) is 8.12. The molecule has 0 radical (unpaired) electrons. The van der Waals surface area contributed by atoms with E-state index >= 15 is 0 Å². The molecule has 1 aliphatic heterocycles. The van der Waals surface area contributed by atoms with Crippen molar-refractivity contribution in [3.63, 3.8) is 0 Å². The second-order valence-electron chi connectivity index (χ2n) is 9.22. The molecular weight excluding hydrogens is 370 g/mol. The second kappa shape index (κ2) is 7.38. The molecule has 0 saturated heterocycles. The van der Waals surface area contributed by atoms with Crippen molar-refractivity contribution < 1.29 is 0 Å². The summed E-state index contributed by atoms with van der Waals surface area (Å²) >= 11 is 0. The fourth-order valence-electron chi connectivity index (χ4n) is 4.98. The summed E-state index contributed by atoms with van der Waals surface area (Å²) < 4.78 is 0. The van der Waals surface area contributed by atoms with E-state index in [4.69, 9.17) is 9.97 Å². The highest BCUT2D eigenvalue weighted by atomic mass is 15.2. The zero-order chi connectivity index (χ0) is 21.7. The van der Waals surface area contributed by atoms with Crippen LogP contribution < -0.4 is 0 Å². The first kappa shape index (κ1) is 20.9. The maximum Gasteiger partial charge on any atom is 0.0894 e. The van der Waals surface area contributed by atoms with Crippen LogP contribution in [0, 0.1) is 0 Å². The van der Waals surface area contributed by atoms with Crippen LogP contribution in [-0.2, 0) is 36.8 Å². The molecule has 2 aromatic heterocycles. The van der Waals surface area contributed by atoms with Gasteiger partial charge < -0.3 is 0 Å². The molecule has 3 aromatic rings. The van der Waals surface area contributed by atoms with Crippen molar-refractivity contribution in [2.75, 3.05) is 7.05 Å². The van der Waals surface area contributed by atoms with Gasteiger partial charge in [0.1, 0.15) is 0 Å². The van der Waals surface area contributed by atoms with Crippen molar-refractivity contribution in [2.45, 2.75) is 78.3 Å². The predicted molar refractivity (Wildman–Crippen MR) is 122 cm³/mol. The highest BCUT2D eigenvalue weighted by Gasteiger charge is 2.47. The lowest BCUT2D eigenvalue weighted by molar-refractivity contribution is 0.0731. The third kappa shape index (κ3) is 3.11. The summed E-state index contributed by atoms with van der Waals surface area (Å²) in [6.07, 6.45) is 7.52. The molecule has 0 amide bonds. The largest absolute Gasteiger partial charge is 0.288 e. The minimum atomic E-state index is -0.0173. The molecule has 3 heterocycles. The van der Waals surface area contributed by atoms with Gasteiger partial charge in [-0.05, 0) is 94.8 Å². The van der Waals surface area contributed by atoms with Crippen LogP contribution in [0.4, 0.5) is 0 Å². The van der Waals surface area contributed by atoms with Gasteiger partial charge in [0, 0.05) is 11.1 Å². The van der Waals surface area contributed by atoms with Crippen molar-refractivity contribution in [1.29, 1.82) is 0 Å². The Morgan fingerprint density at radius 1 is 0.700 bits per heavy atom. The fourth-order valence-corrected chi connectivity index (χ4v) is 4.98. The monoisotopic (exact) mass is 403 g/mol. The quantitative estimate of drug-likeness (QED) is 0.542. The molecule has 0 unspecified atom stereocenters. The van der Waals surface area contributed by atoms with Crippen LogP contribution in [0.25, 0.3) is 11.0 Å². The molecule has 0 saturated carbocycles. The Morgan fingerprint density at radius 2 is 1.10 bits per heavy atom. The number of nitrogens with zero attached hydrogens (tertiary/aromatic N) is 5. The first-order valence-electron chi connectivity index (χ1n) is 11.2. The minimum Gasteiger partial charge on any atom is -0.288 e. The van der Waals surface area contributed by atoms with Crippen LogP contribution in [0.3, 0.4) is 0 Å². The Balaban J connectivity index is 0.00000106. The SMILES string of the molecule is CC.CN1C(C)(C)c2cc3nc4c(nc3cc2C1(C)C)CCc1cnncc1CC4. The number of hydrogen-bond donors (Lipinski definition) is 0. The molecular formula is C25H33N5. The van der Waals surface area contributed by atoms with Crippen molar-refractivity contribution >= 4 is 11.0 Å². The van der Waals surface area contributed by atoms with Gasteiger partial charge in [0.05, 0.1) is 34.8 Å². The first-order valence-corrected chi connectivity index (χ1v) is 11.2. The number of hydrogen-bond acceptors (Lipinski definition) is 5. The molecule has 158 valence electrons. The van der Waals surface area contributed by atoms with E-state index in [1.54, 1.807) is 0 Å². The standard InChI is InChI=1S/C23H27N5.C2H6/c1-22(2)16-10-20-21(11-17(16)23(3,4)28(22)5)27-19-9-7-15-13-25-24-12-14(15)6-8-18(19)26-20;1-2/h10-13H,6-9H2,1-5H3;1-2H3. The van der Waals surface area contributed by atoms with E-state index in [2.05, 4.69) is 62.0 Å². The summed E-state index contributed by atoms with van der Waals surface area (Å²) in [4.78, 5) is 12.6. The van der Waals surface area contributed by atoms with E-state index in [9.17, 15) is 0 Å². The van der Waals surface area contributed by atoms with E-state index < -0.39 is 0 Å². The van der Waals surface area contributed by atoms with Gasteiger partial charge in [0.25, 0.3) is 0 Å². The molecule has 5 nitrogen and oxygen atoms in total. The van der Waals surface area contributed by atoms with Crippen LogP contribution in [-0.4, -0.2) is 32.1 Å². The highest BCUT2D eigenvalue weighted by molar-refractivity contribution is 5.78. The fraction of sp³-hybridized carbons (Fsp3) is 0.520. The molecule has 0 N–H and O–H groups in total. The Hall–Kier alpha value is -2.40. The summed E-state index contributed by atoms with van der Waals surface area (Å²) in [7, 11) is 2.21. The number of rotatable bonds is 0. The van der Waals surface area contributed by atoms with Crippen molar-refractivity contribution in [1.82, 2.24) is 25.1 Å². The third-order valence-electron chi connectivity index (χ3n) is 7.12. The average Bonchev–Trinajstić information content (AvgIpc) is 2.86. The van der Waals surface area contributed by atoms with E-state index in [0.29, 0.717) is 0 Å². The Labute approximate surface area is 180 Å². The molecule has 0 spiro atoms. The lowest BCUT2D eigenvalue weighted by Crippen LogP contribution is -2.42. The Morgan fingerprint density at radius 3 is 1.50 bits per heavy atom. The molecule has 5 rings (SSSR count). The minimum absolute atomic E-state index is 0.0173. The number of aromatic nitrogens is 4.